The van der Waals surface area contributed by atoms with E-state index in [4.69, 9.17) is 23.2 Å². The molecule has 2 aromatic rings. The van der Waals surface area contributed by atoms with E-state index >= 15 is 0 Å². The topological polar surface area (TPSA) is 84.9 Å². The number of hydrogen-bond acceptors (Lipinski definition) is 4. The molecule has 34 heavy (non-hydrogen) atoms. The van der Waals surface area contributed by atoms with Crippen LogP contribution < -0.4 is 15.5 Å². The summed E-state index contributed by atoms with van der Waals surface area (Å²) in [5.41, 5.74) is -1.37. The van der Waals surface area contributed by atoms with Gasteiger partial charge in [-0.1, -0.05) is 47.8 Å². The summed E-state index contributed by atoms with van der Waals surface area (Å²) in [4.78, 5) is 30.0. The Morgan fingerprint density at radius 1 is 1.15 bits per heavy atom. The number of aliphatic hydroxyl groups is 1. The average molecular weight is 505 g/mol. The summed E-state index contributed by atoms with van der Waals surface area (Å²) < 4.78 is 0. The number of nitrogens with one attached hydrogen (secondary N) is 2. The molecule has 0 saturated carbocycles. The molecule has 2 aromatic carbocycles. The molecule has 0 radical (unpaired) electrons. The number of urea groups is 1. The second-order valence-electron chi connectivity index (χ2n) is 9.06. The van der Waals surface area contributed by atoms with Crippen LogP contribution in [0.5, 0.6) is 0 Å². The molecule has 0 unspecified atom stereocenters. The van der Waals surface area contributed by atoms with Crippen LogP contribution in [-0.2, 0) is 10.5 Å². The predicted molar refractivity (Wildman–Crippen MR) is 135 cm³/mol. The Balaban J connectivity index is 1.57. The first kappa shape index (κ1) is 24.8. The zero-order valence-corrected chi connectivity index (χ0v) is 20.9. The minimum Gasteiger partial charge on any atom is -0.359 e. The van der Waals surface area contributed by atoms with Gasteiger partial charge in [0, 0.05) is 30.7 Å². The molecular formula is C25H30Cl2N4O3. The van der Waals surface area contributed by atoms with Gasteiger partial charge in [0.25, 0.3) is 11.6 Å². The molecule has 1 fully saturated rings. The van der Waals surface area contributed by atoms with Crippen LogP contribution in [0, 0.1) is 0 Å². The summed E-state index contributed by atoms with van der Waals surface area (Å²) in [5, 5.41) is 17.9. The summed E-state index contributed by atoms with van der Waals surface area (Å²) in [7, 11) is 0. The number of para-hydroxylation sites is 1. The first-order valence-electron chi connectivity index (χ1n) is 11.7. The highest BCUT2D eigenvalue weighted by molar-refractivity contribution is 6.42. The van der Waals surface area contributed by atoms with E-state index in [0.717, 1.165) is 17.9 Å². The lowest BCUT2D eigenvalue weighted by atomic mass is 9.94. The Morgan fingerprint density at radius 2 is 1.85 bits per heavy atom. The molecule has 0 spiro atoms. The molecule has 1 saturated heterocycles. The van der Waals surface area contributed by atoms with Gasteiger partial charge in [0.2, 0.25) is 0 Å². The van der Waals surface area contributed by atoms with Gasteiger partial charge >= 0.3 is 6.03 Å². The highest BCUT2D eigenvalue weighted by atomic mass is 35.5. The largest absolute Gasteiger partial charge is 0.359 e. The van der Waals surface area contributed by atoms with Crippen molar-refractivity contribution < 1.29 is 14.7 Å². The summed E-state index contributed by atoms with van der Waals surface area (Å²) in [5.74, 6) is -0.680. The standard InChI is InChI=1S/C25H30Cl2N4O3/c1-16-7-5-8-17(2)30(16)14-6-13-28-23(32)25(34)19-9-3-4-10-22(19)29-24(33)31(25)18-11-12-20(26)21(27)15-18/h3-4,9-12,15-17,34H,5-8,13-14H2,1-2H3,(H,28,32)(H,29,33)/t16-,17+,25-/m1/s1. The highest BCUT2D eigenvalue weighted by Gasteiger charge is 2.51. The van der Waals surface area contributed by atoms with Gasteiger partial charge in [-0.05, 0) is 57.4 Å². The van der Waals surface area contributed by atoms with E-state index in [-0.39, 0.29) is 16.3 Å². The number of benzene rings is 2. The number of piperidine rings is 1. The zero-order valence-electron chi connectivity index (χ0n) is 19.4. The fraction of sp³-hybridized carbons (Fsp3) is 0.440. The Morgan fingerprint density at radius 3 is 2.56 bits per heavy atom. The number of nitrogens with zero attached hydrogens (tertiary/aromatic N) is 2. The molecule has 4 rings (SSSR count). The van der Waals surface area contributed by atoms with Crippen molar-refractivity contribution in [2.75, 3.05) is 23.3 Å². The van der Waals surface area contributed by atoms with Gasteiger partial charge in [-0.25, -0.2) is 4.79 Å². The molecule has 0 aliphatic carbocycles. The van der Waals surface area contributed by atoms with Crippen molar-refractivity contribution in [3.8, 4) is 0 Å². The number of rotatable bonds is 6. The third-order valence-electron chi connectivity index (χ3n) is 6.80. The number of amides is 3. The lowest BCUT2D eigenvalue weighted by Gasteiger charge is -2.42. The Labute approximate surface area is 210 Å². The Bertz CT molecular complexity index is 1070. The van der Waals surface area contributed by atoms with Gasteiger partial charge in [-0.15, -0.1) is 0 Å². The maximum Gasteiger partial charge on any atom is 0.329 e. The van der Waals surface area contributed by atoms with Crippen LogP contribution in [0.1, 0.15) is 45.1 Å². The molecule has 2 aliphatic heterocycles. The number of fused-ring (bicyclic) bond motifs is 1. The molecule has 0 aromatic heterocycles. The van der Waals surface area contributed by atoms with E-state index < -0.39 is 17.7 Å². The third-order valence-corrected chi connectivity index (χ3v) is 7.54. The van der Waals surface area contributed by atoms with Gasteiger partial charge in [0.05, 0.1) is 21.4 Å². The minimum atomic E-state index is -2.26. The van der Waals surface area contributed by atoms with Gasteiger partial charge in [-0.3, -0.25) is 14.6 Å². The summed E-state index contributed by atoms with van der Waals surface area (Å²) in [6.07, 6.45) is 4.34. The second kappa shape index (κ2) is 10.1. The van der Waals surface area contributed by atoms with Crippen molar-refractivity contribution in [3.05, 3.63) is 58.1 Å². The summed E-state index contributed by atoms with van der Waals surface area (Å²) >= 11 is 12.2. The van der Waals surface area contributed by atoms with Crippen LogP contribution in [0.4, 0.5) is 16.2 Å². The van der Waals surface area contributed by atoms with E-state index in [1.165, 1.54) is 31.4 Å². The van der Waals surface area contributed by atoms with Crippen molar-refractivity contribution in [2.24, 2.45) is 0 Å². The van der Waals surface area contributed by atoms with Gasteiger partial charge in [0.15, 0.2) is 0 Å². The van der Waals surface area contributed by atoms with E-state index in [2.05, 4.69) is 29.4 Å². The van der Waals surface area contributed by atoms with Crippen LogP contribution in [0.2, 0.25) is 10.0 Å². The van der Waals surface area contributed by atoms with Gasteiger partial charge in [0.1, 0.15) is 0 Å². The lowest BCUT2D eigenvalue weighted by Crippen LogP contribution is -2.62. The first-order valence-corrected chi connectivity index (χ1v) is 12.4. The SMILES string of the molecule is C[C@@H]1CCC[C@H](C)N1CCCNC(=O)[C@]1(O)c2ccccc2NC(=O)N1c1ccc(Cl)c(Cl)c1. The quantitative estimate of drug-likeness (QED) is 0.485. The molecule has 3 amide bonds. The van der Waals surface area contributed by atoms with Crippen LogP contribution in [0.25, 0.3) is 0 Å². The van der Waals surface area contributed by atoms with E-state index in [9.17, 15) is 14.7 Å². The Kier molecular flexibility index (Phi) is 7.38. The number of carbonyl (C=O) groups excluding carboxylic acids is 2. The third kappa shape index (κ3) is 4.62. The smallest absolute Gasteiger partial charge is 0.329 e. The summed E-state index contributed by atoms with van der Waals surface area (Å²) in [6, 6.07) is 11.6. The highest BCUT2D eigenvalue weighted by Crippen LogP contribution is 2.41. The number of carbonyl (C=O) groups is 2. The number of likely N-dealkylation sites (tertiary alicyclic amines) is 1. The van der Waals surface area contributed by atoms with Crippen molar-refractivity contribution in [1.82, 2.24) is 10.2 Å². The van der Waals surface area contributed by atoms with Crippen molar-refractivity contribution >= 4 is 46.5 Å². The van der Waals surface area contributed by atoms with Crippen LogP contribution in [0.3, 0.4) is 0 Å². The predicted octanol–water partition coefficient (Wildman–Crippen LogP) is 4.96. The fourth-order valence-corrected chi connectivity index (χ4v) is 5.28. The second-order valence-corrected chi connectivity index (χ2v) is 9.87. The molecule has 2 heterocycles. The molecular weight excluding hydrogens is 475 g/mol. The molecule has 2 aliphatic rings. The maximum absolute atomic E-state index is 13.5. The first-order chi connectivity index (χ1) is 16.2. The number of hydrogen-bond donors (Lipinski definition) is 3. The molecule has 3 N–H and O–H groups in total. The fourth-order valence-electron chi connectivity index (χ4n) is 4.99. The van der Waals surface area contributed by atoms with Crippen LogP contribution >= 0.6 is 23.2 Å². The van der Waals surface area contributed by atoms with Gasteiger partial charge in [-0.2, -0.15) is 0 Å². The molecule has 3 atom stereocenters. The van der Waals surface area contributed by atoms with Crippen molar-refractivity contribution in [3.63, 3.8) is 0 Å². The van der Waals surface area contributed by atoms with Crippen LogP contribution in [-0.4, -0.2) is 47.1 Å². The molecule has 9 heteroatoms. The molecule has 0 bridgehead atoms. The lowest BCUT2D eigenvalue weighted by molar-refractivity contribution is -0.140. The normalized spacial score (nSPS) is 25.0. The minimum absolute atomic E-state index is 0.207. The monoisotopic (exact) mass is 504 g/mol. The van der Waals surface area contributed by atoms with Crippen LogP contribution in [0.15, 0.2) is 42.5 Å². The van der Waals surface area contributed by atoms with E-state index in [0.29, 0.717) is 29.3 Å². The molecule has 182 valence electrons. The average Bonchev–Trinajstić information content (AvgIpc) is 2.80. The summed E-state index contributed by atoms with van der Waals surface area (Å²) in [6.45, 7) is 5.71. The Hall–Kier alpha value is -2.32. The number of halogens is 2. The van der Waals surface area contributed by atoms with E-state index in [1.807, 2.05) is 0 Å². The van der Waals surface area contributed by atoms with Gasteiger partial charge < -0.3 is 15.7 Å². The maximum atomic E-state index is 13.5. The molecule has 7 nitrogen and oxygen atoms in total. The zero-order chi connectivity index (χ0) is 24.5. The van der Waals surface area contributed by atoms with Crippen molar-refractivity contribution in [1.29, 1.82) is 0 Å². The van der Waals surface area contributed by atoms with Crippen molar-refractivity contribution in [2.45, 2.75) is 57.3 Å². The van der Waals surface area contributed by atoms with E-state index in [1.54, 1.807) is 30.3 Å². The number of anilines is 2.